The molecule has 1 rings (SSSR count). The zero-order valence-electron chi connectivity index (χ0n) is 9.84. The van der Waals surface area contributed by atoms with Gasteiger partial charge in [0.2, 0.25) is 0 Å². The number of rotatable bonds is 4. The van der Waals surface area contributed by atoms with Crippen molar-refractivity contribution in [2.45, 2.75) is 32.5 Å². The van der Waals surface area contributed by atoms with Crippen molar-refractivity contribution in [3.05, 3.63) is 29.3 Å². The van der Waals surface area contributed by atoms with Crippen LogP contribution in [0.4, 0.5) is 13.2 Å². The predicted molar refractivity (Wildman–Crippen MR) is 59.9 cm³/mol. The molecular weight excluding hydrogens is 231 g/mol. The van der Waals surface area contributed by atoms with Gasteiger partial charge in [-0.15, -0.1) is 0 Å². The van der Waals surface area contributed by atoms with Gasteiger partial charge in [0.1, 0.15) is 5.75 Å². The Morgan fingerprint density at radius 3 is 2.47 bits per heavy atom. The van der Waals surface area contributed by atoms with Gasteiger partial charge >= 0.3 is 6.18 Å². The van der Waals surface area contributed by atoms with Gasteiger partial charge in [0.15, 0.2) is 0 Å². The Morgan fingerprint density at radius 2 is 2.00 bits per heavy atom. The fraction of sp³-hybridized carbons (Fsp3) is 0.500. The number of ether oxygens (including phenoxy) is 1. The van der Waals surface area contributed by atoms with E-state index < -0.39 is 12.6 Å². The number of halogens is 3. The topological polar surface area (TPSA) is 35.2 Å². The average Bonchev–Trinajstić information content (AvgIpc) is 2.18. The number of benzene rings is 1. The second kappa shape index (κ2) is 5.40. The molecule has 1 atom stereocenters. The minimum absolute atomic E-state index is 0.0991. The molecule has 1 aromatic carbocycles. The second-order valence-corrected chi connectivity index (χ2v) is 4.03. The molecular formula is C12H16F3NO. The van der Waals surface area contributed by atoms with E-state index in [4.69, 9.17) is 10.5 Å². The van der Waals surface area contributed by atoms with Crippen LogP contribution in [-0.4, -0.2) is 12.8 Å². The highest BCUT2D eigenvalue weighted by molar-refractivity contribution is 5.37. The van der Waals surface area contributed by atoms with Crippen LogP contribution in [0.1, 0.15) is 30.5 Å². The van der Waals surface area contributed by atoms with E-state index in [2.05, 4.69) is 0 Å². The van der Waals surface area contributed by atoms with Gasteiger partial charge in [-0.1, -0.05) is 12.1 Å². The van der Waals surface area contributed by atoms with Gasteiger partial charge in [-0.25, -0.2) is 0 Å². The molecule has 0 aliphatic rings. The lowest BCUT2D eigenvalue weighted by Gasteiger charge is -2.13. The number of alkyl halides is 3. The van der Waals surface area contributed by atoms with Gasteiger partial charge in [0.25, 0.3) is 0 Å². The average molecular weight is 247 g/mol. The van der Waals surface area contributed by atoms with Crippen molar-refractivity contribution in [3.8, 4) is 5.75 Å². The van der Waals surface area contributed by atoms with Crippen molar-refractivity contribution < 1.29 is 17.9 Å². The summed E-state index contributed by atoms with van der Waals surface area (Å²) in [5.41, 5.74) is 7.43. The Morgan fingerprint density at radius 1 is 1.35 bits per heavy atom. The van der Waals surface area contributed by atoms with E-state index >= 15 is 0 Å². The molecule has 1 aromatic rings. The summed E-state index contributed by atoms with van der Waals surface area (Å²) in [6.45, 7) is 3.27. The Balaban J connectivity index is 2.61. The molecule has 5 heteroatoms. The van der Waals surface area contributed by atoms with E-state index in [-0.39, 0.29) is 12.6 Å². The van der Waals surface area contributed by atoms with E-state index in [1.165, 1.54) is 0 Å². The maximum Gasteiger partial charge on any atom is 0.392 e. The van der Waals surface area contributed by atoms with Crippen molar-refractivity contribution in [1.29, 1.82) is 0 Å². The Bertz CT molecular complexity index is 375. The van der Waals surface area contributed by atoms with Crippen molar-refractivity contribution in [2.24, 2.45) is 5.73 Å². The molecule has 0 aliphatic heterocycles. The summed E-state index contributed by atoms with van der Waals surface area (Å²) in [7, 11) is 0. The molecule has 0 aliphatic carbocycles. The van der Waals surface area contributed by atoms with E-state index in [9.17, 15) is 13.2 Å². The number of hydrogen-bond acceptors (Lipinski definition) is 2. The third-order valence-corrected chi connectivity index (χ3v) is 2.37. The summed E-state index contributed by atoms with van der Waals surface area (Å²) in [5, 5.41) is 0. The molecule has 0 bridgehead atoms. The van der Waals surface area contributed by atoms with Gasteiger partial charge in [-0.05, 0) is 31.0 Å². The van der Waals surface area contributed by atoms with Crippen LogP contribution in [-0.2, 0) is 0 Å². The Kier molecular flexibility index (Phi) is 4.40. The smallest absolute Gasteiger partial charge is 0.392 e. The molecule has 0 radical (unpaired) electrons. The standard InChI is InChI=1S/C12H16F3NO/c1-8-7-10(9(2)16)3-4-11(8)17-6-5-12(13,14)15/h3-4,7,9H,5-6,16H2,1-2H3/t9-/m0/s1. The summed E-state index contributed by atoms with van der Waals surface area (Å²) in [6, 6.07) is 5.15. The third kappa shape index (κ3) is 4.65. The first kappa shape index (κ1) is 13.8. The lowest BCUT2D eigenvalue weighted by molar-refractivity contribution is -0.139. The highest BCUT2D eigenvalue weighted by Crippen LogP contribution is 2.24. The third-order valence-electron chi connectivity index (χ3n) is 2.37. The molecule has 2 N–H and O–H groups in total. The van der Waals surface area contributed by atoms with Gasteiger partial charge in [-0.2, -0.15) is 13.2 Å². The van der Waals surface area contributed by atoms with E-state index in [1.807, 2.05) is 13.0 Å². The van der Waals surface area contributed by atoms with Crippen LogP contribution < -0.4 is 10.5 Å². The van der Waals surface area contributed by atoms with E-state index in [1.54, 1.807) is 19.1 Å². The molecule has 17 heavy (non-hydrogen) atoms. The maximum absolute atomic E-state index is 11.9. The molecule has 0 saturated carbocycles. The first-order chi connectivity index (χ1) is 7.79. The number of nitrogens with two attached hydrogens (primary N) is 1. The van der Waals surface area contributed by atoms with Crippen LogP contribution in [0.15, 0.2) is 18.2 Å². The first-order valence-electron chi connectivity index (χ1n) is 5.35. The normalized spacial score (nSPS) is 13.5. The molecule has 0 fully saturated rings. The monoisotopic (exact) mass is 247 g/mol. The fourth-order valence-corrected chi connectivity index (χ4v) is 1.39. The van der Waals surface area contributed by atoms with Crippen LogP contribution in [0.5, 0.6) is 5.75 Å². The SMILES string of the molecule is Cc1cc([C@H](C)N)ccc1OCCC(F)(F)F. The fourth-order valence-electron chi connectivity index (χ4n) is 1.39. The van der Waals surface area contributed by atoms with Crippen molar-refractivity contribution >= 4 is 0 Å². The van der Waals surface area contributed by atoms with Crippen LogP contribution in [0, 0.1) is 6.92 Å². The summed E-state index contributed by atoms with van der Waals surface area (Å²) in [5.74, 6) is 0.471. The zero-order valence-corrected chi connectivity index (χ0v) is 9.84. The zero-order chi connectivity index (χ0) is 13.1. The Labute approximate surface area is 98.6 Å². The van der Waals surface area contributed by atoms with Crippen molar-refractivity contribution in [3.63, 3.8) is 0 Å². The Hall–Kier alpha value is -1.23. The molecule has 2 nitrogen and oxygen atoms in total. The molecule has 0 unspecified atom stereocenters. The van der Waals surface area contributed by atoms with Gasteiger partial charge < -0.3 is 10.5 Å². The number of hydrogen-bond donors (Lipinski definition) is 1. The van der Waals surface area contributed by atoms with Crippen LogP contribution in [0.25, 0.3) is 0 Å². The largest absolute Gasteiger partial charge is 0.493 e. The van der Waals surface area contributed by atoms with Gasteiger partial charge in [0, 0.05) is 6.04 Å². The van der Waals surface area contributed by atoms with Crippen molar-refractivity contribution in [2.75, 3.05) is 6.61 Å². The van der Waals surface area contributed by atoms with Crippen LogP contribution in [0.3, 0.4) is 0 Å². The van der Waals surface area contributed by atoms with Crippen LogP contribution in [0.2, 0.25) is 0 Å². The minimum atomic E-state index is -4.18. The van der Waals surface area contributed by atoms with Crippen LogP contribution >= 0.6 is 0 Å². The summed E-state index contributed by atoms with van der Waals surface area (Å²) in [6.07, 6.45) is -5.12. The van der Waals surface area contributed by atoms with E-state index in [0.717, 1.165) is 11.1 Å². The van der Waals surface area contributed by atoms with E-state index in [0.29, 0.717) is 5.75 Å². The summed E-state index contributed by atoms with van der Waals surface area (Å²) in [4.78, 5) is 0. The minimum Gasteiger partial charge on any atom is -0.493 e. The highest BCUT2D eigenvalue weighted by Gasteiger charge is 2.26. The summed E-state index contributed by atoms with van der Waals surface area (Å²) >= 11 is 0. The molecule has 0 amide bonds. The highest BCUT2D eigenvalue weighted by atomic mass is 19.4. The quantitative estimate of drug-likeness (QED) is 0.885. The molecule has 0 aromatic heterocycles. The first-order valence-corrected chi connectivity index (χ1v) is 5.35. The molecule has 0 heterocycles. The molecule has 96 valence electrons. The summed E-state index contributed by atoms with van der Waals surface area (Å²) < 4.78 is 40.9. The van der Waals surface area contributed by atoms with Gasteiger partial charge in [0.05, 0.1) is 13.0 Å². The maximum atomic E-state index is 11.9. The number of aryl methyl sites for hydroxylation is 1. The molecule has 0 saturated heterocycles. The second-order valence-electron chi connectivity index (χ2n) is 4.03. The predicted octanol–water partition coefficient (Wildman–Crippen LogP) is 3.35. The molecule has 0 spiro atoms. The lowest BCUT2D eigenvalue weighted by atomic mass is 10.1. The van der Waals surface area contributed by atoms with Crippen molar-refractivity contribution in [1.82, 2.24) is 0 Å². The lowest BCUT2D eigenvalue weighted by Crippen LogP contribution is -2.13. The van der Waals surface area contributed by atoms with Gasteiger partial charge in [-0.3, -0.25) is 0 Å².